The number of benzene rings is 2. The summed E-state index contributed by atoms with van der Waals surface area (Å²) in [5.41, 5.74) is 2.87. The first-order chi connectivity index (χ1) is 8.28. The van der Waals surface area contributed by atoms with Crippen LogP contribution in [0.4, 0.5) is 5.69 Å². The lowest BCUT2D eigenvalue weighted by molar-refractivity contribution is 0.334. The normalized spacial score (nSPS) is 10.7. The Labute approximate surface area is 101 Å². The Morgan fingerprint density at radius 3 is 2.24 bits per heavy atom. The fourth-order valence-corrected chi connectivity index (χ4v) is 1.36. The van der Waals surface area contributed by atoms with Crippen LogP contribution < -0.4 is 10.7 Å². The van der Waals surface area contributed by atoms with E-state index in [1.807, 2.05) is 36.4 Å². The first-order valence-corrected chi connectivity index (χ1v) is 5.21. The Morgan fingerprint density at radius 2 is 1.65 bits per heavy atom. The van der Waals surface area contributed by atoms with Crippen LogP contribution in [-0.2, 0) is 0 Å². The molecule has 0 aliphatic heterocycles. The molecule has 0 unspecified atom stereocenters. The van der Waals surface area contributed by atoms with E-state index in [-0.39, 0.29) is 0 Å². The van der Waals surface area contributed by atoms with Crippen LogP contribution in [0.1, 0.15) is 11.1 Å². The molecule has 2 rings (SSSR count). The molecule has 2 N–H and O–H groups in total. The van der Waals surface area contributed by atoms with Crippen molar-refractivity contribution in [2.24, 2.45) is 10.9 Å². The molecule has 2 aromatic rings. The monoisotopic (exact) mass is 225 g/mol. The molecule has 0 aliphatic rings. The van der Waals surface area contributed by atoms with E-state index in [1.165, 1.54) is 0 Å². The van der Waals surface area contributed by atoms with Gasteiger partial charge in [-0.1, -0.05) is 12.1 Å². The summed E-state index contributed by atoms with van der Waals surface area (Å²) >= 11 is 0. The molecule has 0 heterocycles. The minimum atomic E-state index is 0.628. The number of hydrogen-bond donors (Lipinski definition) is 1. The molecule has 0 saturated carbocycles. The molecule has 0 aromatic heterocycles. The van der Waals surface area contributed by atoms with Gasteiger partial charge in [-0.2, -0.15) is 5.90 Å². The van der Waals surface area contributed by atoms with Gasteiger partial charge in [0.05, 0.1) is 5.69 Å². The number of nitrogens with two attached hydrogens (primary N) is 1. The summed E-state index contributed by atoms with van der Waals surface area (Å²) in [6, 6.07) is 15.1. The summed E-state index contributed by atoms with van der Waals surface area (Å²) < 4.78 is 0. The number of aliphatic imine (C=N–C) groups is 1. The quantitative estimate of drug-likeness (QED) is 0.645. The first kappa shape index (κ1) is 11.4. The molecule has 0 fully saturated rings. The standard InChI is InChI=1S/C14H13N2O/c1-11-2-6-13(7-3-11)16-10-12-4-8-14(17-15)9-5-12/h2-10H,1,15H2. The lowest BCUT2D eigenvalue weighted by atomic mass is 10.2. The van der Waals surface area contributed by atoms with E-state index in [9.17, 15) is 0 Å². The molecule has 0 spiro atoms. The molecule has 0 atom stereocenters. The maximum atomic E-state index is 5.04. The van der Waals surface area contributed by atoms with E-state index >= 15 is 0 Å². The molecule has 1 radical (unpaired) electrons. The highest BCUT2D eigenvalue weighted by Crippen LogP contribution is 2.13. The zero-order chi connectivity index (χ0) is 12.1. The molecule has 85 valence electrons. The van der Waals surface area contributed by atoms with Gasteiger partial charge in [0.25, 0.3) is 0 Å². The summed E-state index contributed by atoms with van der Waals surface area (Å²) in [7, 11) is 0. The third-order valence-electron chi connectivity index (χ3n) is 2.32. The van der Waals surface area contributed by atoms with Crippen LogP contribution in [0.3, 0.4) is 0 Å². The smallest absolute Gasteiger partial charge is 0.146 e. The van der Waals surface area contributed by atoms with Crippen LogP contribution in [0.25, 0.3) is 0 Å². The van der Waals surface area contributed by atoms with Crippen molar-refractivity contribution < 1.29 is 4.84 Å². The molecule has 2 aromatic carbocycles. The minimum absolute atomic E-state index is 0.628. The predicted octanol–water partition coefficient (Wildman–Crippen LogP) is 2.87. The molecular formula is C14H13N2O. The van der Waals surface area contributed by atoms with Crippen LogP contribution in [0.2, 0.25) is 0 Å². The summed E-state index contributed by atoms with van der Waals surface area (Å²) in [5, 5.41) is 0. The first-order valence-electron chi connectivity index (χ1n) is 5.21. The third-order valence-corrected chi connectivity index (χ3v) is 2.32. The maximum absolute atomic E-state index is 5.04. The van der Waals surface area contributed by atoms with Gasteiger partial charge in [-0.3, -0.25) is 4.99 Å². The molecule has 0 bridgehead atoms. The van der Waals surface area contributed by atoms with Crippen LogP contribution in [0.5, 0.6) is 5.75 Å². The van der Waals surface area contributed by atoms with Gasteiger partial charge < -0.3 is 4.84 Å². The van der Waals surface area contributed by atoms with Gasteiger partial charge in [-0.25, -0.2) is 0 Å². The Balaban J connectivity index is 2.11. The molecule has 3 heteroatoms. The van der Waals surface area contributed by atoms with Crippen molar-refractivity contribution in [1.29, 1.82) is 0 Å². The molecule has 0 aliphatic carbocycles. The van der Waals surface area contributed by atoms with E-state index in [0.29, 0.717) is 5.75 Å². The lowest BCUT2D eigenvalue weighted by Gasteiger charge is -1.98. The summed E-state index contributed by atoms with van der Waals surface area (Å²) in [5.74, 6) is 5.67. The van der Waals surface area contributed by atoms with E-state index in [0.717, 1.165) is 16.8 Å². The van der Waals surface area contributed by atoms with Crippen molar-refractivity contribution >= 4 is 11.9 Å². The second-order valence-electron chi connectivity index (χ2n) is 3.61. The van der Waals surface area contributed by atoms with Gasteiger partial charge in [0.15, 0.2) is 0 Å². The van der Waals surface area contributed by atoms with Crippen LogP contribution >= 0.6 is 0 Å². The van der Waals surface area contributed by atoms with Crippen LogP contribution in [0.15, 0.2) is 53.5 Å². The Kier molecular flexibility index (Phi) is 3.52. The molecule has 0 amide bonds. The second kappa shape index (κ2) is 5.27. The third kappa shape index (κ3) is 3.16. The topological polar surface area (TPSA) is 47.6 Å². The summed E-state index contributed by atoms with van der Waals surface area (Å²) in [6.07, 6.45) is 1.79. The van der Waals surface area contributed by atoms with Gasteiger partial charge in [-0.15, -0.1) is 0 Å². The highest BCUT2D eigenvalue weighted by atomic mass is 16.6. The van der Waals surface area contributed by atoms with Gasteiger partial charge in [0.2, 0.25) is 0 Å². The lowest BCUT2D eigenvalue weighted by Crippen LogP contribution is -2.01. The van der Waals surface area contributed by atoms with Crippen LogP contribution in [-0.4, -0.2) is 6.21 Å². The number of rotatable bonds is 3. The van der Waals surface area contributed by atoms with Crippen LogP contribution in [0, 0.1) is 6.92 Å². The SMILES string of the molecule is [CH2]c1ccc(N=Cc2ccc(ON)cc2)cc1. The van der Waals surface area contributed by atoms with E-state index in [1.54, 1.807) is 18.3 Å². The van der Waals surface area contributed by atoms with Gasteiger partial charge in [0.1, 0.15) is 5.75 Å². The fourth-order valence-electron chi connectivity index (χ4n) is 1.36. The summed E-state index contributed by atoms with van der Waals surface area (Å²) in [6.45, 7) is 3.82. The Bertz CT molecular complexity index is 501. The number of nitrogens with zero attached hydrogens (tertiary/aromatic N) is 1. The zero-order valence-electron chi connectivity index (χ0n) is 9.34. The fraction of sp³-hybridized carbons (Fsp3) is 0. The van der Waals surface area contributed by atoms with Crippen molar-refractivity contribution in [3.8, 4) is 5.75 Å². The van der Waals surface area contributed by atoms with E-state index in [2.05, 4.69) is 16.8 Å². The van der Waals surface area contributed by atoms with Gasteiger partial charge >= 0.3 is 0 Å². The average molecular weight is 225 g/mol. The highest BCUT2D eigenvalue weighted by molar-refractivity contribution is 5.82. The molecule has 17 heavy (non-hydrogen) atoms. The number of hydrogen-bond acceptors (Lipinski definition) is 3. The van der Waals surface area contributed by atoms with E-state index in [4.69, 9.17) is 5.90 Å². The maximum Gasteiger partial charge on any atom is 0.146 e. The molecule has 3 nitrogen and oxygen atoms in total. The summed E-state index contributed by atoms with van der Waals surface area (Å²) in [4.78, 5) is 8.94. The van der Waals surface area contributed by atoms with Gasteiger partial charge in [-0.05, 0) is 54.4 Å². The average Bonchev–Trinajstić information content (AvgIpc) is 2.39. The largest absolute Gasteiger partial charge is 0.412 e. The Morgan fingerprint density at radius 1 is 1.00 bits per heavy atom. The van der Waals surface area contributed by atoms with Gasteiger partial charge in [0, 0.05) is 6.21 Å². The zero-order valence-corrected chi connectivity index (χ0v) is 9.34. The highest BCUT2D eigenvalue weighted by Gasteiger charge is 1.92. The predicted molar refractivity (Wildman–Crippen MR) is 69.4 cm³/mol. The van der Waals surface area contributed by atoms with Crippen molar-refractivity contribution in [3.63, 3.8) is 0 Å². The van der Waals surface area contributed by atoms with Crippen molar-refractivity contribution in [2.75, 3.05) is 0 Å². The van der Waals surface area contributed by atoms with Crippen molar-refractivity contribution in [1.82, 2.24) is 0 Å². The minimum Gasteiger partial charge on any atom is -0.412 e. The molecular weight excluding hydrogens is 212 g/mol. The van der Waals surface area contributed by atoms with Crippen molar-refractivity contribution in [2.45, 2.75) is 0 Å². The Hall–Kier alpha value is -2.13. The van der Waals surface area contributed by atoms with Crippen molar-refractivity contribution in [3.05, 3.63) is 66.6 Å². The molecule has 0 saturated heterocycles. The second-order valence-corrected chi connectivity index (χ2v) is 3.61. The van der Waals surface area contributed by atoms with E-state index < -0.39 is 0 Å².